The van der Waals surface area contributed by atoms with Gasteiger partial charge in [-0.3, -0.25) is 0 Å². The van der Waals surface area contributed by atoms with E-state index < -0.39 is 0 Å². The van der Waals surface area contributed by atoms with E-state index in [4.69, 9.17) is 5.26 Å². The number of piperidine rings is 1. The van der Waals surface area contributed by atoms with Gasteiger partial charge in [0.25, 0.3) is 0 Å². The third-order valence-electron chi connectivity index (χ3n) is 3.57. The van der Waals surface area contributed by atoms with Gasteiger partial charge in [0.05, 0.1) is 11.6 Å². The van der Waals surface area contributed by atoms with Crippen LogP contribution in [0, 0.1) is 17.2 Å². The Morgan fingerprint density at radius 1 is 1.35 bits per heavy atom. The standard InChI is InChI=1S/C14H17BrN2/c1-2-11-3-5-17(6-4-11)14-8-12(10-16)7-13(15)9-14/h7-9,11H,2-6H2,1H3. The van der Waals surface area contributed by atoms with Crippen LogP contribution >= 0.6 is 15.9 Å². The van der Waals surface area contributed by atoms with Crippen LogP contribution in [0.25, 0.3) is 0 Å². The molecular formula is C14H17BrN2. The maximum Gasteiger partial charge on any atom is 0.0992 e. The third-order valence-corrected chi connectivity index (χ3v) is 4.03. The van der Waals surface area contributed by atoms with Crippen molar-refractivity contribution in [1.29, 1.82) is 5.26 Å². The highest BCUT2D eigenvalue weighted by Gasteiger charge is 2.18. The smallest absolute Gasteiger partial charge is 0.0992 e. The van der Waals surface area contributed by atoms with Crippen molar-refractivity contribution in [2.45, 2.75) is 26.2 Å². The second-order valence-electron chi connectivity index (χ2n) is 4.65. The minimum atomic E-state index is 0.729. The zero-order valence-electron chi connectivity index (χ0n) is 10.1. The molecule has 0 radical (unpaired) electrons. The molecule has 17 heavy (non-hydrogen) atoms. The highest BCUT2D eigenvalue weighted by molar-refractivity contribution is 9.10. The molecule has 2 nitrogen and oxygen atoms in total. The molecule has 2 rings (SSSR count). The molecule has 0 aromatic heterocycles. The summed E-state index contributed by atoms with van der Waals surface area (Å²) in [4.78, 5) is 2.39. The van der Waals surface area contributed by atoms with Crippen LogP contribution in [0.4, 0.5) is 5.69 Å². The van der Waals surface area contributed by atoms with Crippen molar-refractivity contribution in [3.05, 3.63) is 28.2 Å². The summed E-state index contributed by atoms with van der Waals surface area (Å²) in [6, 6.07) is 8.16. The monoisotopic (exact) mass is 292 g/mol. The first-order chi connectivity index (χ1) is 8.22. The number of rotatable bonds is 2. The van der Waals surface area contributed by atoms with Crippen molar-refractivity contribution < 1.29 is 0 Å². The molecule has 1 heterocycles. The van der Waals surface area contributed by atoms with Crippen molar-refractivity contribution in [3.8, 4) is 6.07 Å². The van der Waals surface area contributed by atoms with Crippen molar-refractivity contribution >= 4 is 21.6 Å². The van der Waals surface area contributed by atoms with E-state index in [-0.39, 0.29) is 0 Å². The lowest BCUT2D eigenvalue weighted by molar-refractivity contribution is 0.395. The minimum absolute atomic E-state index is 0.729. The van der Waals surface area contributed by atoms with E-state index in [2.05, 4.69) is 39.9 Å². The van der Waals surface area contributed by atoms with Crippen LogP contribution in [0.15, 0.2) is 22.7 Å². The molecule has 90 valence electrons. The average Bonchev–Trinajstić information content (AvgIpc) is 2.38. The summed E-state index contributed by atoms with van der Waals surface area (Å²) in [6.45, 7) is 4.49. The number of hydrogen-bond donors (Lipinski definition) is 0. The molecule has 1 aliphatic rings. The molecule has 0 atom stereocenters. The first kappa shape index (κ1) is 12.4. The highest BCUT2D eigenvalue weighted by Crippen LogP contribution is 2.28. The third kappa shape index (κ3) is 3.01. The van der Waals surface area contributed by atoms with Crippen LogP contribution in [0.5, 0.6) is 0 Å². The lowest BCUT2D eigenvalue weighted by Gasteiger charge is -2.33. The lowest BCUT2D eigenvalue weighted by atomic mass is 9.94. The summed E-state index contributed by atoms with van der Waals surface area (Å²) in [6.07, 6.45) is 3.82. The van der Waals surface area contributed by atoms with Crippen molar-refractivity contribution in [2.24, 2.45) is 5.92 Å². The highest BCUT2D eigenvalue weighted by atomic mass is 79.9. The van der Waals surface area contributed by atoms with Crippen LogP contribution in [0.3, 0.4) is 0 Å². The van der Waals surface area contributed by atoms with Gasteiger partial charge >= 0.3 is 0 Å². The fourth-order valence-corrected chi connectivity index (χ4v) is 2.90. The number of hydrogen-bond acceptors (Lipinski definition) is 2. The number of anilines is 1. The van der Waals surface area contributed by atoms with Gasteiger partial charge in [0.1, 0.15) is 0 Å². The summed E-state index contributed by atoms with van der Waals surface area (Å²) < 4.78 is 0.990. The first-order valence-electron chi connectivity index (χ1n) is 6.18. The average molecular weight is 293 g/mol. The molecule has 1 aliphatic heterocycles. The van der Waals surface area contributed by atoms with E-state index in [9.17, 15) is 0 Å². The van der Waals surface area contributed by atoms with Crippen LogP contribution in [-0.4, -0.2) is 13.1 Å². The molecular weight excluding hydrogens is 276 g/mol. The molecule has 0 aliphatic carbocycles. The summed E-state index contributed by atoms with van der Waals surface area (Å²) >= 11 is 3.47. The van der Waals surface area contributed by atoms with Crippen LogP contribution in [-0.2, 0) is 0 Å². The van der Waals surface area contributed by atoms with Crippen molar-refractivity contribution in [3.63, 3.8) is 0 Å². The maximum atomic E-state index is 8.98. The Bertz CT molecular complexity index is 428. The van der Waals surface area contributed by atoms with Gasteiger partial charge in [0.2, 0.25) is 0 Å². The topological polar surface area (TPSA) is 27.0 Å². The Kier molecular flexibility index (Phi) is 4.06. The SMILES string of the molecule is CCC1CCN(c2cc(Br)cc(C#N)c2)CC1. The van der Waals surface area contributed by atoms with E-state index in [0.717, 1.165) is 29.0 Å². The predicted molar refractivity (Wildman–Crippen MR) is 74.1 cm³/mol. The molecule has 0 unspecified atom stereocenters. The van der Waals surface area contributed by atoms with E-state index in [0.29, 0.717) is 0 Å². The van der Waals surface area contributed by atoms with Gasteiger partial charge in [0, 0.05) is 23.2 Å². The van der Waals surface area contributed by atoms with Crippen molar-refractivity contribution in [2.75, 3.05) is 18.0 Å². The quantitative estimate of drug-likeness (QED) is 0.825. The lowest BCUT2D eigenvalue weighted by Crippen LogP contribution is -2.33. The maximum absolute atomic E-state index is 8.98. The first-order valence-corrected chi connectivity index (χ1v) is 6.98. The van der Waals surface area contributed by atoms with Crippen molar-refractivity contribution in [1.82, 2.24) is 0 Å². The molecule has 0 N–H and O–H groups in total. The molecule has 0 bridgehead atoms. The fraction of sp³-hybridized carbons (Fsp3) is 0.500. The van der Waals surface area contributed by atoms with Gasteiger partial charge in [0.15, 0.2) is 0 Å². The second-order valence-corrected chi connectivity index (χ2v) is 5.56. The summed E-state index contributed by atoms with van der Waals surface area (Å²) in [5, 5.41) is 8.98. The largest absolute Gasteiger partial charge is 0.371 e. The molecule has 1 saturated heterocycles. The molecule has 1 aromatic carbocycles. The Balaban J connectivity index is 2.13. The normalized spacial score (nSPS) is 16.9. The number of benzene rings is 1. The Labute approximate surface area is 111 Å². The van der Waals surface area contributed by atoms with Gasteiger partial charge in [-0.25, -0.2) is 0 Å². The van der Waals surface area contributed by atoms with E-state index in [1.54, 1.807) is 0 Å². The summed E-state index contributed by atoms with van der Waals surface area (Å²) in [7, 11) is 0. The fourth-order valence-electron chi connectivity index (χ4n) is 2.42. The molecule has 0 saturated carbocycles. The number of halogens is 1. The van der Waals surface area contributed by atoms with Crippen LogP contribution < -0.4 is 4.90 Å². The van der Waals surface area contributed by atoms with Gasteiger partial charge in [-0.1, -0.05) is 29.3 Å². The minimum Gasteiger partial charge on any atom is -0.371 e. The molecule has 3 heteroatoms. The van der Waals surface area contributed by atoms with Gasteiger partial charge in [-0.15, -0.1) is 0 Å². The number of nitrogens with zero attached hydrogens (tertiary/aromatic N) is 2. The van der Waals surface area contributed by atoms with Gasteiger partial charge < -0.3 is 4.90 Å². The number of nitriles is 1. The molecule has 1 fully saturated rings. The molecule has 0 amide bonds. The van der Waals surface area contributed by atoms with E-state index in [1.165, 1.54) is 24.9 Å². The molecule has 0 spiro atoms. The predicted octanol–water partition coefficient (Wildman–Crippen LogP) is 3.95. The van der Waals surface area contributed by atoms with E-state index in [1.807, 2.05) is 12.1 Å². The zero-order chi connectivity index (χ0) is 12.3. The van der Waals surface area contributed by atoms with Crippen LogP contribution in [0.1, 0.15) is 31.7 Å². The van der Waals surface area contributed by atoms with Gasteiger partial charge in [-0.2, -0.15) is 5.26 Å². The summed E-state index contributed by atoms with van der Waals surface area (Å²) in [5.41, 5.74) is 1.90. The Morgan fingerprint density at radius 3 is 2.65 bits per heavy atom. The molecule has 1 aromatic rings. The van der Waals surface area contributed by atoms with E-state index >= 15 is 0 Å². The summed E-state index contributed by atoms with van der Waals surface area (Å²) in [5.74, 6) is 0.883. The van der Waals surface area contributed by atoms with Crippen LogP contribution in [0.2, 0.25) is 0 Å². The Hall–Kier alpha value is -1.01. The van der Waals surface area contributed by atoms with Gasteiger partial charge in [-0.05, 0) is 37.0 Å². The second kappa shape index (κ2) is 5.55. The Morgan fingerprint density at radius 2 is 2.06 bits per heavy atom. The zero-order valence-corrected chi connectivity index (χ0v) is 11.7.